The SMILES string of the molecule is C=COC(=O)C(Cl)C=CC#N. The number of hydrogen-bond donors (Lipinski definition) is 0. The van der Waals surface area contributed by atoms with Crippen molar-refractivity contribution in [2.75, 3.05) is 0 Å². The van der Waals surface area contributed by atoms with Gasteiger partial charge < -0.3 is 4.74 Å². The van der Waals surface area contributed by atoms with E-state index in [1.165, 1.54) is 6.08 Å². The number of nitrogens with zero attached hydrogens (tertiary/aromatic N) is 1. The van der Waals surface area contributed by atoms with Crippen molar-refractivity contribution in [3.05, 3.63) is 25.0 Å². The fourth-order valence-electron chi connectivity index (χ4n) is 0.353. The number of allylic oxidation sites excluding steroid dienone is 1. The van der Waals surface area contributed by atoms with E-state index in [4.69, 9.17) is 16.9 Å². The third kappa shape index (κ3) is 4.18. The average molecular weight is 172 g/mol. The molecule has 58 valence electrons. The maximum absolute atomic E-state index is 10.7. The summed E-state index contributed by atoms with van der Waals surface area (Å²) in [7, 11) is 0. The molecule has 0 radical (unpaired) electrons. The first-order valence-electron chi connectivity index (χ1n) is 2.74. The van der Waals surface area contributed by atoms with E-state index in [-0.39, 0.29) is 0 Å². The molecule has 0 amide bonds. The van der Waals surface area contributed by atoms with Crippen LogP contribution in [0.2, 0.25) is 0 Å². The summed E-state index contributed by atoms with van der Waals surface area (Å²) in [6, 6.07) is 1.70. The van der Waals surface area contributed by atoms with E-state index in [1.807, 2.05) is 0 Å². The topological polar surface area (TPSA) is 50.1 Å². The van der Waals surface area contributed by atoms with E-state index >= 15 is 0 Å². The first kappa shape index (κ1) is 9.73. The third-order valence-corrected chi connectivity index (χ3v) is 1.09. The minimum Gasteiger partial charge on any atom is -0.434 e. The Hall–Kier alpha value is -1.27. The highest BCUT2D eigenvalue weighted by atomic mass is 35.5. The van der Waals surface area contributed by atoms with Crippen molar-refractivity contribution in [1.29, 1.82) is 5.26 Å². The fraction of sp³-hybridized carbons (Fsp3) is 0.143. The molecule has 1 atom stereocenters. The van der Waals surface area contributed by atoms with E-state index in [9.17, 15) is 4.79 Å². The lowest BCUT2D eigenvalue weighted by Crippen LogP contribution is -2.12. The molecule has 0 aromatic heterocycles. The Balaban J connectivity index is 3.94. The zero-order chi connectivity index (χ0) is 8.69. The van der Waals surface area contributed by atoms with Gasteiger partial charge in [-0.2, -0.15) is 5.26 Å². The quantitative estimate of drug-likeness (QED) is 0.279. The highest BCUT2D eigenvalue weighted by Crippen LogP contribution is 2.00. The first-order valence-corrected chi connectivity index (χ1v) is 3.17. The van der Waals surface area contributed by atoms with Crippen LogP contribution in [0.25, 0.3) is 0 Å². The molecule has 0 aromatic carbocycles. The zero-order valence-corrected chi connectivity index (χ0v) is 6.41. The Kier molecular flexibility index (Phi) is 4.87. The lowest BCUT2D eigenvalue weighted by molar-refractivity contribution is -0.136. The second kappa shape index (κ2) is 5.51. The summed E-state index contributed by atoms with van der Waals surface area (Å²) in [5, 5.41) is 7.14. The number of ether oxygens (including phenoxy) is 1. The normalized spacial score (nSPS) is 12.0. The van der Waals surface area contributed by atoms with Gasteiger partial charge in [0.1, 0.15) is 0 Å². The van der Waals surface area contributed by atoms with Crippen LogP contribution >= 0.6 is 11.6 Å². The predicted molar refractivity (Wildman–Crippen MR) is 40.7 cm³/mol. The summed E-state index contributed by atoms with van der Waals surface area (Å²) in [5.41, 5.74) is 0. The molecule has 0 N–H and O–H groups in total. The average Bonchev–Trinajstić information content (AvgIpc) is 2.00. The smallest absolute Gasteiger partial charge is 0.332 e. The second-order valence-electron chi connectivity index (χ2n) is 1.49. The lowest BCUT2D eigenvalue weighted by atomic mass is 10.4. The molecule has 0 fully saturated rings. The molecule has 0 aliphatic heterocycles. The monoisotopic (exact) mass is 171 g/mol. The molecular weight excluding hydrogens is 166 g/mol. The number of alkyl halides is 1. The molecule has 0 rings (SSSR count). The summed E-state index contributed by atoms with van der Waals surface area (Å²) in [6.45, 7) is 3.17. The molecule has 1 unspecified atom stereocenters. The Morgan fingerprint density at radius 1 is 1.82 bits per heavy atom. The number of carbonyl (C=O) groups excluding carboxylic acids is 1. The van der Waals surface area contributed by atoms with Crippen molar-refractivity contribution < 1.29 is 9.53 Å². The molecule has 3 nitrogen and oxygen atoms in total. The van der Waals surface area contributed by atoms with Gasteiger partial charge in [-0.1, -0.05) is 6.58 Å². The van der Waals surface area contributed by atoms with Crippen LogP contribution in [0.1, 0.15) is 0 Å². The van der Waals surface area contributed by atoms with Crippen LogP contribution in [0.3, 0.4) is 0 Å². The van der Waals surface area contributed by atoms with E-state index in [0.717, 1.165) is 12.3 Å². The van der Waals surface area contributed by atoms with Crippen LogP contribution in [0.4, 0.5) is 0 Å². The minimum atomic E-state index is -0.923. The van der Waals surface area contributed by atoms with Gasteiger partial charge in [-0.15, -0.1) is 11.6 Å². The Morgan fingerprint density at radius 2 is 2.45 bits per heavy atom. The van der Waals surface area contributed by atoms with Crippen LogP contribution in [0.15, 0.2) is 25.0 Å². The Labute approximate surface area is 69.5 Å². The van der Waals surface area contributed by atoms with Crippen LogP contribution in [-0.2, 0) is 9.53 Å². The van der Waals surface area contributed by atoms with Crippen LogP contribution in [-0.4, -0.2) is 11.3 Å². The molecule has 0 saturated heterocycles. The highest BCUT2D eigenvalue weighted by Gasteiger charge is 2.11. The maximum atomic E-state index is 10.7. The Morgan fingerprint density at radius 3 is 2.91 bits per heavy atom. The van der Waals surface area contributed by atoms with Gasteiger partial charge >= 0.3 is 5.97 Å². The summed E-state index contributed by atoms with van der Waals surface area (Å²) in [6.07, 6.45) is 3.33. The molecule has 0 aliphatic carbocycles. The molecule has 11 heavy (non-hydrogen) atoms. The van der Waals surface area contributed by atoms with Crippen LogP contribution < -0.4 is 0 Å². The van der Waals surface area contributed by atoms with Gasteiger partial charge in [0, 0.05) is 6.08 Å². The predicted octanol–water partition coefficient (Wildman–Crippen LogP) is 1.36. The molecule has 0 aliphatic rings. The summed E-state index contributed by atoms with van der Waals surface area (Å²) in [5.74, 6) is -0.645. The van der Waals surface area contributed by atoms with Crippen molar-refractivity contribution >= 4 is 17.6 Å². The van der Waals surface area contributed by atoms with E-state index < -0.39 is 11.3 Å². The molecule has 0 bridgehead atoms. The highest BCUT2D eigenvalue weighted by molar-refractivity contribution is 6.31. The van der Waals surface area contributed by atoms with Crippen molar-refractivity contribution in [3.8, 4) is 6.07 Å². The molecular formula is C7H6ClNO2. The molecule has 0 spiro atoms. The van der Waals surface area contributed by atoms with Crippen molar-refractivity contribution in [1.82, 2.24) is 0 Å². The van der Waals surface area contributed by atoms with Crippen molar-refractivity contribution in [2.45, 2.75) is 5.38 Å². The van der Waals surface area contributed by atoms with E-state index in [2.05, 4.69) is 11.3 Å². The minimum absolute atomic E-state index is 0.645. The second-order valence-corrected chi connectivity index (χ2v) is 1.96. The molecule has 4 heteroatoms. The number of rotatable bonds is 3. The van der Waals surface area contributed by atoms with Gasteiger partial charge in [-0.25, -0.2) is 4.79 Å². The van der Waals surface area contributed by atoms with Gasteiger partial charge in [0.2, 0.25) is 0 Å². The number of nitriles is 1. The molecule has 0 heterocycles. The van der Waals surface area contributed by atoms with Crippen molar-refractivity contribution in [2.24, 2.45) is 0 Å². The maximum Gasteiger partial charge on any atom is 0.332 e. The summed E-state index contributed by atoms with van der Waals surface area (Å²) in [4.78, 5) is 10.7. The van der Waals surface area contributed by atoms with Gasteiger partial charge in [-0.3, -0.25) is 0 Å². The lowest BCUT2D eigenvalue weighted by Gasteiger charge is -1.98. The van der Waals surface area contributed by atoms with Crippen LogP contribution in [0, 0.1) is 11.3 Å². The Bertz CT molecular complexity index is 217. The largest absolute Gasteiger partial charge is 0.434 e. The summed E-state index contributed by atoms with van der Waals surface area (Å²) < 4.78 is 4.33. The number of halogens is 1. The fourth-order valence-corrected chi connectivity index (χ4v) is 0.477. The van der Waals surface area contributed by atoms with Gasteiger partial charge in [0.25, 0.3) is 0 Å². The van der Waals surface area contributed by atoms with Gasteiger partial charge in [0.15, 0.2) is 5.38 Å². The van der Waals surface area contributed by atoms with Gasteiger partial charge in [-0.05, 0) is 6.08 Å². The number of hydrogen-bond acceptors (Lipinski definition) is 3. The van der Waals surface area contributed by atoms with Gasteiger partial charge in [0.05, 0.1) is 12.3 Å². The summed E-state index contributed by atoms with van der Waals surface area (Å²) >= 11 is 5.43. The van der Waals surface area contributed by atoms with Crippen molar-refractivity contribution in [3.63, 3.8) is 0 Å². The van der Waals surface area contributed by atoms with E-state index in [0.29, 0.717) is 0 Å². The zero-order valence-electron chi connectivity index (χ0n) is 5.66. The molecule has 0 aromatic rings. The number of carbonyl (C=O) groups is 1. The molecule has 0 saturated carbocycles. The van der Waals surface area contributed by atoms with Crippen LogP contribution in [0.5, 0.6) is 0 Å². The standard InChI is InChI=1S/C7H6ClNO2/c1-2-11-7(10)6(8)4-3-5-9/h2-4,6H,1H2. The number of esters is 1. The van der Waals surface area contributed by atoms with E-state index in [1.54, 1.807) is 6.07 Å². The first-order chi connectivity index (χ1) is 5.22. The third-order valence-electron chi connectivity index (χ3n) is 0.764.